The van der Waals surface area contributed by atoms with Crippen molar-refractivity contribution in [2.75, 3.05) is 19.7 Å². The van der Waals surface area contributed by atoms with E-state index in [0.29, 0.717) is 0 Å². The first-order valence-electron chi connectivity index (χ1n) is 7.56. The molecular formula is C16H25NOS. The highest BCUT2D eigenvalue weighted by molar-refractivity contribution is 7.09. The molecule has 2 fully saturated rings. The molecule has 1 aromatic rings. The van der Waals surface area contributed by atoms with Crippen LogP contribution in [0.4, 0.5) is 0 Å². The molecule has 0 aliphatic carbocycles. The normalized spacial score (nSPS) is 27.4. The van der Waals surface area contributed by atoms with Gasteiger partial charge in [0, 0.05) is 24.5 Å². The van der Waals surface area contributed by atoms with Gasteiger partial charge in [-0.1, -0.05) is 19.9 Å². The van der Waals surface area contributed by atoms with Gasteiger partial charge in [-0.15, -0.1) is 11.3 Å². The molecule has 0 unspecified atom stereocenters. The van der Waals surface area contributed by atoms with Crippen molar-refractivity contribution in [3.63, 3.8) is 0 Å². The predicted molar refractivity (Wildman–Crippen MR) is 80.5 cm³/mol. The van der Waals surface area contributed by atoms with Gasteiger partial charge in [0.15, 0.2) is 0 Å². The molecule has 19 heavy (non-hydrogen) atoms. The number of likely N-dealkylation sites (tertiary alicyclic amines) is 1. The number of hydrogen-bond donors (Lipinski definition) is 0. The topological polar surface area (TPSA) is 12.5 Å². The average molecular weight is 279 g/mol. The van der Waals surface area contributed by atoms with E-state index in [1.807, 2.05) is 11.3 Å². The van der Waals surface area contributed by atoms with Crippen molar-refractivity contribution in [2.45, 2.75) is 45.3 Å². The summed E-state index contributed by atoms with van der Waals surface area (Å²) in [7, 11) is 0. The second-order valence-corrected chi connectivity index (χ2v) is 7.59. The van der Waals surface area contributed by atoms with Crippen LogP contribution in [0.2, 0.25) is 0 Å². The van der Waals surface area contributed by atoms with Crippen LogP contribution in [0.15, 0.2) is 17.5 Å². The second-order valence-electron chi connectivity index (χ2n) is 6.56. The van der Waals surface area contributed by atoms with E-state index in [0.717, 1.165) is 25.0 Å². The molecule has 1 spiro atoms. The Bertz CT molecular complexity index is 393. The third-order valence-electron chi connectivity index (χ3n) is 4.91. The molecule has 1 aromatic heterocycles. The summed E-state index contributed by atoms with van der Waals surface area (Å²) < 4.78 is 6.21. The molecule has 2 aliphatic heterocycles. The van der Waals surface area contributed by atoms with Gasteiger partial charge in [0.2, 0.25) is 0 Å². The Morgan fingerprint density at radius 1 is 1.42 bits per heavy atom. The Kier molecular flexibility index (Phi) is 3.97. The van der Waals surface area contributed by atoms with Crippen LogP contribution in [0, 0.1) is 11.8 Å². The molecular weight excluding hydrogens is 254 g/mol. The summed E-state index contributed by atoms with van der Waals surface area (Å²) in [5.41, 5.74) is 0.223. The summed E-state index contributed by atoms with van der Waals surface area (Å²) in [6.45, 7) is 9.17. The maximum Gasteiger partial charge on any atom is 0.0710 e. The van der Waals surface area contributed by atoms with Crippen LogP contribution in [0.5, 0.6) is 0 Å². The Morgan fingerprint density at radius 2 is 2.21 bits per heavy atom. The fourth-order valence-electron chi connectivity index (χ4n) is 3.40. The zero-order chi connectivity index (χ0) is 13.3. The summed E-state index contributed by atoms with van der Waals surface area (Å²) >= 11 is 1.87. The maximum absolute atomic E-state index is 6.21. The second kappa shape index (κ2) is 5.55. The molecule has 2 saturated heterocycles. The van der Waals surface area contributed by atoms with E-state index in [2.05, 4.69) is 36.3 Å². The zero-order valence-electron chi connectivity index (χ0n) is 12.1. The number of thiophene rings is 1. The van der Waals surface area contributed by atoms with E-state index in [-0.39, 0.29) is 5.60 Å². The molecule has 0 N–H and O–H groups in total. The number of nitrogens with zero attached hydrogens (tertiary/aromatic N) is 1. The molecule has 0 aromatic carbocycles. The minimum Gasteiger partial charge on any atom is -0.375 e. The Balaban J connectivity index is 1.52. The van der Waals surface area contributed by atoms with Crippen molar-refractivity contribution < 1.29 is 4.74 Å². The molecule has 3 rings (SSSR count). The lowest BCUT2D eigenvalue weighted by Gasteiger charge is -2.38. The first-order chi connectivity index (χ1) is 9.17. The molecule has 106 valence electrons. The van der Waals surface area contributed by atoms with Gasteiger partial charge in [-0.2, -0.15) is 0 Å². The molecule has 0 bridgehead atoms. The van der Waals surface area contributed by atoms with Crippen molar-refractivity contribution in [2.24, 2.45) is 11.8 Å². The standard InChI is InChI=1S/C16H25NOS/c1-13(2)14-10-16(18-12-14)5-7-17(8-6-16)11-15-4-3-9-19-15/h3-4,9,13-14H,5-8,10-12H2,1-2H3/t14-/m0/s1. The summed E-state index contributed by atoms with van der Waals surface area (Å²) in [5, 5.41) is 2.17. The lowest BCUT2D eigenvalue weighted by molar-refractivity contribution is -0.0450. The predicted octanol–water partition coefficient (Wildman–Crippen LogP) is 3.78. The molecule has 0 saturated carbocycles. The number of ether oxygens (including phenoxy) is 1. The minimum absolute atomic E-state index is 0.223. The van der Waals surface area contributed by atoms with Gasteiger partial charge >= 0.3 is 0 Å². The molecule has 0 amide bonds. The van der Waals surface area contributed by atoms with Crippen LogP contribution >= 0.6 is 11.3 Å². The number of hydrogen-bond acceptors (Lipinski definition) is 3. The van der Waals surface area contributed by atoms with E-state index < -0.39 is 0 Å². The van der Waals surface area contributed by atoms with Gasteiger partial charge in [0.05, 0.1) is 12.2 Å². The van der Waals surface area contributed by atoms with Crippen LogP contribution in [0.25, 0.3) is 0 Å². The largest absolute Gasteiger partial charge is 0.375 e. The van der Waals surface area contributed by atoms with E-state index in [1.165, 1.54) is 37.2 Å². The molecule has 3 heterocycles. The first-order valence-corrected chi connectivity index (χ1v) is 8.44. The monoisotopic (exact) mass is 279 g/mol. The lowest BCUT2D eigenvalue weighted by Crippen LogP contribution is -2.43. The Labute approximate surface area is 120 Å². The van der Waals surface area contributed by atoms with Gasteiger partial charge in [0.1, 0.15) is 0 Å². The maximum atomic E-state index is 6.21. The summed E-state index contributed by atoms with van der Waals surface area (Å²) in [5.74, 6) is 1.55. The molecule has 2 nitrogen and oxygen atoms in total. The first kappa shape index (κ1) is 13.6. The van der Waals surface area contributed by atoms with E-state index in [1.54, 1.807) is 0 Å². The van der Waals surface area contributed by atoms with Crippen molar-refractivity contribution in [1.29, 1.82) is 0 Å². The highest BCUT2D eigenvalue weighted by Crippen LogP contribution is 2.41. The van der Waals surface area contributed by atoms with Crippen LogP contribution in [-0.2, 0) is 11.3 Å². The number of piperidine rings is 1. The van der Waals surface area contributed by atoms with Crippen LogP contribution in [-0.4, -0.2) is 30.2 Å². The van der Waals surface area contributed by atoms with E-state index in [9.17, 15) is 0 Å². The fraction of sp³-hybridized carbons (Fsp3) is 0.750. The minimum atomic E-state index is 0.223. The quantitative estimate of drug-likeness (QED) is 0.835. The average Bonchev–Trinajstić information content (AvgIpc) is 3.03. The van der Waals surface area contributed by atoms with Gasteiger partial charge in [0.25, 0.3) is 0 Å². The summed E-state index contributed by atoms with van der Waals surface area (Å²) in [6.07, 6.45) is 3.74. The number of rotatable bonds is 3. The summed E-state index contributed by atoms with van der Waals surface area (Å²) in [4.78, 5) is 4.08. The lowest BCUT2D eigenvalue weighted by atomic mass is 9.82. The van der Waals surface area contributed by atoms with Gasteiger partial charge in [-0.05, 0) is 42.5 Å². The third-order valence-corrected chi connectivity index (χ3v) is 5.77. The third kappa shape index (κ3) is 3.04. The van der Waals surface area contributed by atoms with Crippen molar-refractivity contribution in [3.05, 3.63) is 22.4 Å². The van der Waals surface area contributed by atoms with Crippen LogP contribution in [0.3, 0.4) is 0 Å². The van der Waals surface area contributed by atoms with Crippen molar-refractivity contribution in [3.8, 4) is 0 Å². The van der Waals surface area contributed by atoms with E-state index in [4.69, 9.17) is 4.74 Å². The van der Waals surface area contributed by atoms with Gasteiger partial charge in [-0.25, -0.2) is 0 Å². The molecule has 3 heteroatoms. The Hall–Kier alpha value is -0.380. The Morgan fingerprint density at radius 3 is 2.79 bits per heavy atom. The van der Waals surface area contributed by atoms with Crippen molar-refractivity contribution in [1.82, 2.24) is 4.90 Å². The van der Waals surface area contributed by atoms with Crippen LogP contribution < -0.4 is 0 Å². The van der Waals surface area contributed by atoms with E-state index >= 15 is 0 Å². The highest BCUT2D eigenvalue weighted by Gasteiger charge is 2.43. The molecule has 2 aliphatic rings. The fourth-order valence-corrected chi connectivity index (χ4v) is 4.14. The molecule has 0 radical (unpaired) electrons. The summed E-state index contributed by atoms with van der Waals surface area (Å²) in [6, 6.07) is 4.40. The van der Waals surface area contributed by atoms with Crippen LogP contribution in [0.1, 0.15) is 38.0 Å². The van der Waals surface area contributed by atoms with Gasteiger partial charge < -0.3 is 4.74 Å². The SMILES string of the molecule is CC(C)[C@@H]1COC2(CCN(Cc3cccs3)CC2)C1. The molecule has 1 atom stereocenters. The van der Waals surface area contributed by atoms with Crippen molar-refractivity contribution >= 4 is 11.3 Å². The smallest absolute Gasteiger partial charge is 0.0710 e. The highest BCUT2D eigenvalue weighted by atomic mass is 32.1. The van der Waals surface area contributed by atoms with Gasteiger partial charge in [-0.3, -0.25) is 4.90 Å². The zero-order valence-corrected chi connectivity index (χ0v) is 12.9.